The largest absolute Gasteiger partial charge is 0.481 e. The van der Waals surface area contributed by atoms with Crippen LogP contribution >= 0.6 is 0 Å². The van der Waals surface area contributed by atoms with Crippen molar-refractivity contribution in [1.29, 1.82) is 0 Å². The third-order valence-corrected chi connectivity index (χ3v) is 3.70. The van der Waals surface area contributed by atoms with E-state index >= 15 is 0 Å². The Morgan fingerprint density at radius 3 is 1.25 bits per heavy atom. The summed E-state index contributed by atoms with van der Waals surface area (Å²) in [7, 11) is 0. The summed E-state index contributed by atoms with van der Waals surface area (Å²) in [5, 5.41) is 18.2. The Bertz CT molecular complexity index is 760. The van der Waals surface area contributed by atoms with Gasteiger partial charge in [-0.3, -0.25) is 9.59 Å². The first-order valence-electron chi connectivity index (χ1n) is 8.32. The van der Waals surface area contributed by atoms with Gasteiger partial charge in [0.2, 0.25) is 0 Å². The minimum Gasteiger partial charge on any atom is -0.481 e. The molecule has 0 fully saturated rings. The molecule has 0 amide bonds. The molecular formula is C20H18O8. The topological polar surface area (TPSA) is 127 Å². The summed E-state index contributed by atoms with van der Waals surface area (Å²) in [5.74, 6) is -4.37. The van der Waals surface area contributed by atoms with Crippen LogP contribution in [0, 0.1) is 0 Å². The third kappa shape index (κ3) is 6.24. The number of aliphatic carboxylic acids is 2. The second-order valence-electron chi connectivity index (χ2n) is 5.82. The summed E-state index contributed by atoms with van der Waals surface area (Å²) in [4.78, 5) is 46.9. The van der Waals surface area contributed by atoms with Crippen molar-refractivity contribution < 1.29 is 38.9 Å². The van der Waals surface area contributed by atoms with E-state index in [1.165, 1.54) is 24.3 Å². The highest BCUT2D eigenvalue weighted by molar-refractivity contribution is 5.90. The number of carbonyl (C=O) groups is 4. The van der Waals surface area contributed by atoms with E-state index in [0.717, 1.165) is 0 Å². The molecule has 0 heterocycles. The average Bonchev–Trinajstić information content (AvgIpc) is 2.67. The molecule has 8 heteroatoms. The number of rotatable bonds is 9. The fraction of sp³-hybridized carbons (Fsp3) is 0.200. The maximum Gasteiger partial charge on any atom is 0.338 e. The van der Waals surface area contributed by atoms with Gasteiger partial charge in [0, 0.05) is 0 Å². The van der Waals surface area contributed by atoms with Crippen molar-refractivity contribution >= 4 is 23.9 Å². The van der Waals surface area contributed by atoms with Crippen LogP contribution < -0.4 is 0 Å². The van der Waals surface area contributed by atoms with E-state index in [1.807, 2.05) is 0 Å². The number of benzene rings is 2. The first-order chi connectivity index (χ1) is 13.4. The molecule has 2 aromatic rings. The van der Waals surface area contributed by atoms with E-state index in [-0.39, 0.29) is 11.1 Å². The van der Waals surface area contributed by atoms with E-state index < -0.39 is 48.9 Å². The molecule has 0 aromatic heterocycles. The summed E-state index contributed by atoms with van der Waals surface area (Å²) in [5.41, 5.74) is 0.308. The average molecular weight is 386 g/mol. The van der Waals surface area contributed by atoms with Gasteiger partial charge < -0.3 is 19.7 Å². The molecule has 2 aromatic carbocycles. The van der Waals surface area contributed by atoms with Crippen molar-refractivity contribution in [3.63, 3.8) is 0 Å². The minimum atomic E-state index is -1.48. The predicted molar refractivity (Wildman–Crippen MR) is 95.8 cm³/mol. The lowest BCUT2D eigenvalue weighted by atomic mass is 10.1. The summed E-state index contributed by atoms with van der Waals surface area (Å²) >= 11 is 0. The molecule has 28 heavy (non-hydrogen) atoms. The third-order valence-electron chi connectivity index (χ3n) is 3.70. The van der Waals surface area contributed by atoms with E-state index in [1.54, 1.807) is 36.4 Å². The number of carboxylic acids is 2. The molecule has 0 radical (unpaired) electrons. The molecule has 0 aliphatic heterocycles. The Hall–Kier alpha value is -3.68. The first kappa shape index (κ1) is 20.6. The number of carboxylic acid groups (broad SMARTS) is 2. The highest BCUT2D eigenvalue weighted by atomic mass is 16.6. The molecule has 2 rings (SSSR count). The minimum absolute atomic E-state index is 0.154. The highest BCUT2D eigenvalue weighted by Gasteiger charge is 2.33. The fourth-order valence-corrected chi connectivity index (χ4v) is 2.40. The van der Waals surface area contributed by atoms with Crippen LogP contribution in [0.3, 0.4) is 0 Å². The first-order valence-corrected chi connectivity index (χ1v) is 8.32. The lowest BCUT2D eigenvalue weighted by Crippen LogP contribution is -2.38. The quantitative estimate of drug-likeness (QED) is 0.629. The maximum absolute atomic E-state index is 12.3. The van der Waals surface area contributed by atoms with Gasteiger partial charge in [0.15, 0.2) is 0 Å². The van der Waals surface area contributed by atoms with Gasteiger partial charge >= 0.3 is 23.9 Å². The number of carbonyl (C=O) groups excluding carboxylic acids is 2. The smallest absolute Gasteiger partial charge is 0.338 e. The number of ether oxygens (including phenoxy) is 2. The van der Waals surface area contributed by atoms with Crippen LogP contribution in [0.25, 0.3) is 0 Å². The molecule has 0 saturated carbocycles. The molecule has 0 spiro atoms. The van der Waals surface area contributed by atoms with Gasteiger partial charge in [-0.05, 0) is 24.3 Å². The maximum atomic E-state index is 12.3. The number of esters is 2. The Morgan fingerprint density at radius 1 is 0.643 bits per heavy atom. The van der Waals surface area contributed by atoms with Crippen molar-refractivity contribution in [1.82, 2.24) is 0 Å². The molecular weight excluding hydrogens is 368 g/mol. The second kappa shape index (κ2) is 9.86. The van der Waals surface area contributed by atoms with Gasteiger partial charge in [-0.15, -0.1) is 0 Å². The molecule has 2 N–H and O–H groups in total. The monoisotopic (exact) mass is 386 g/mol. The lowest BCUT2D eigenvalue weighted by Gasteiger charge is -2.25. The van der Waals surface area contributed by atoms with Crippen LogP contribution in [0.2, 0.25) is 0 Å². The van der Waals surface area contributed by atoms with Crippen molar-refractivity contribution in [2.45, 2.75) is 25.0 Å². The van der Waals surface area contributed by atoms with Gasteiger partial charge in [0.25, 0.3) is 0 Å². The SMILES string of the molecule is O=C(O)CC(OC(=O)c1ccccc1)C(CC(=O)O)OC(=O)c1ccccc1. The number of hydrogen-bond acceptors (Lipinski definition) is 6. The zero-order chi connectivity index (χ0) is 20.5. The van der Waals surface area contributed by atoms with Gasteiger partial charge in [0.1, 0.15) is 12.2 Å². The molecule has 146 valence electrons. The zero-order valence-electron chi connectivity index (χ0n) is 14.7. The highest BCUT2D eigenvalue weighted by Crippen LogP contribution is 2.18. The Morgan fingerprint density at radius 2 is 0.964 bits per heavy atom. The summed E-state index contributed by atoms with van der Waals surface area (Å²) in [6, 6.07) is 15.6. The van der Waals surface area contributed by atoms with Crippen molar-refractivity contribution in [2.75, 3.05) is 0 Å². The second-order valence-corrected chi connectivity index (χ2v) is 5.82. The van der Waals surface area contributed by atoms with Gasteiger partial charge in [-0.25, -0.2) is 9.59 Å². The van der Waals surface area contributed by atoms with E-state index in [4.69, 9.17) is 19.7 Å². The predicted octanol–water partition coefficient (Wildman–Crippen LogP) is 2.39. The van der Waals surface area contributed by atoms with Crippen molar-refractivity contribution in [2.24, 2.45) is 0 Å². The van der Waals surface area contributed by atoms with Crippen LogP contribution in [0.5, 0.6) is 0 Å². The fourth-order valence-electron chi connectivity index (χ4n) is 2.40. The molecule has 0 aliphatic rings. The van der Waals surface area contributed by atoms with Crippen LogP contribution in [0.15, 0.2) is 60.7 Å². The van der Waals surface area contributed by atoms with Crippen LogP contribution in [-0.4, -0.2) is 46.3 Å². The molecule has 0 bridgehead atoms. The Labute approximate surface area is 160 Å². The van der Waals surface area contributed by atoms with Crippen LogP contribution in [0.4, 0.5) is 0 Å². The Balaban J connectivity index is 2.23. The van der Waals surface area contributed by atoms with Crippen molar-refractivity contribution in [3.05, 3.63) is 71.8 Å². The van der Waals surface area contributed by atoms with E-state index in [2.05, 4.69) is 0 Å². The molecule has 0 aliphatic carbocycles. The summed E-state index contributed by atoms with van der Waals surface area (Å²) < 4.78 is 10.4. The van der Waals surface area contributed by atoms with E-state index in [9.17, 15) is 19.2 Å². The molecule has 0 saturated heterocycles. The standard InChI is InChI=1S/C20H18O8/c21-17(22)11-15(27-19(25)13-7-3-1-4-8-13)16(12-18(23)24)28-20(26)14-9-5-2-6-10-14/h1-10,15-16H,11-12H2,(H,21,22)(H,23,24). The van der Waals surface area contributed by atoms with Crippen LogP contribution in [0.1, 0.15) is 33.6 Å². The molecule has 8 nitrogen and oxygen atoms in total. The zero-order valence-corrected chi connectivity index (χ0v) is 14.7. The van der Waals surface area contributed by atoms with Crippen molar-refractivity contribution in [3.8, 4) is 0 Å². The summed E-state index contributed by atoms with van der Waals surface area (Å²) in [6.07, 6.45) is -4.40. The lowest BCUT2D eigenvalue weighted by molar-refractivity contribution is -0.147. The van der Waals surface area contributed by atoms with Gasteiger partial charge in [-0.2, -0.15) is 0 Å². The molecule has 2 unspecified atom stereocenters. The van der Waals surface area contributed by atoms with Gasteiger partial charge in [-0.1, -0.05) is 36.4 Å². The Kier molecular flexibility index (Phi) is 7.27. The number of hydrogen-bond donors (Lipinski definition) is 2. The van der Waals surface area contributed by atoms with Crippen LogP contribution in [-0.2, 0) is 19.1 Å². The van der Waals surface area contributed by atoms with Gasteiger partial charge in [0.05, 0.1) is 24.0 Å². The molecule has 2 atom stereocenters. The normalized spacial score (nSPS) is 12.4. The van der Waals surface area contributed by atoms with E-state index in [0.29, 0.717) is 0 Å². The summed E-state index contributed by atoms with van der Waals surface area (Å²) in [6.45, 7) is 0.